The third-order valence-electron chi connectivity index (χ3n) is 2.60. The SMILES string of the molecule is CN(CCC#N)C(=O)C1(CN)CC1. The average molecular weight is 181 g/mol. The van der Waals surface area contributed by atoms with Crippen LogP contribution in [0.4, 0.5) is 0 Å². The van der Waals surface area contributed by atoms with Crippen LogP contribution in [0.3, 0.4) is 0 Å². The van der Waals surface area contributed by atoms with Gasteiger partial charge in [-0.15, -0.1) is 0 Å². The lowest BCUT2D eigenvalue weighted by Crippen LogP contribution is -2.38. The van der Waals surface area contributed by atoms with Gasteiger partial charge in [0.1, 0.15) is 0 Å². The molecule has 0 saturated heterocycles. The first kappa shape index (κ1) is 10.0. The number of amides is 1. The third kappa shape index (κ3) is 1.99. The molecule has 0 unspecified atom stereocenters. The molecule has 0 atom stereocenters. The van der Waals surface area contributed by atoms with E-state index < -0.39 is 0 Å². The van der Waals surface area contributed by atoms with E-state index in [0.29, 0.717) is 19.5 Å². The Bertz CT molecular complexity index is 240. The Morgan fingerprint density at radius 2 is 2.31 bits per heavy atom. The van der Waals surface area contributed by atoms with Crippen LogP contribution < -0.4 is 5.73 Å². The second-order valence-corrected chi connectivity index (χ2v) is 3.62. The molecule has 0 spiro atoms. The Kier molecular flexibility index (Phi) is 2.89. The van der Waals surface area contributed by atoms with Crippen molar-refractivity contribution >= 4 is 5.91 Å². The molecule has 1 aliphatic carbocycles. The number of nitriles is 1. The number of hydrogen-bond acceptors (Lipinski definition) is 3. The second-order valence-electron chi connectivity index (χ2n) is 3.62. The van der Waals surface area contributed by atoms with Crippen LogP contribution in [-0.2, 0) is 4.79 Å². The molecule has 0 aromatic carbocycles. The number of carbonyl (C=O) groups is 1. The number of nitrogens with zero attached hydrogens (tertiary/aromatic N) is 2. The highest BCUT2D eigenvalue weighted by atomic mass is 16.2. The second kappa shape index (κ2) is 3.75. The van der Waals surface area contributed by atoms with E-state index >= 15 is 0 Å². The Hall–Kier alpha value is -1.08. The maximum absolute atomic E-state index is 11.7. The van der Waals surface area contributed by atoms with Crippen molar-refractivity contribution < 1.29 is 4.79 Å². The van der Waals surface area contributed by atoms with Crippen molar-refractivity contribution in [3.05, 3.63) is 0 Å². The molecule has 13 heavy (non-hydrogen) atoms. The molecule has 0 heterocycles. The Morgan fingerprint density at radius 3 is 2.69 bits per heavy atom. The largest absolute Gasteiger partial charge is 0.344 e. The first-order valence-corrected chi connectivity index (χ1v) is 4.49. The fourth-order valence-corrected chi connectivity index (χ4v) is 1.38. The lowest BCUT2D eigenvalue weighted by Gasteiger charge is -2.21. The van der Waals surface area contributed by atoms with Gasteiger partial charge < -0.3 is 10.6 Å². The molecule has 72 valence electrons. The topological polar surface area (TPSA) is 70.1 Å². The number of carbonyl (C=O) groups excluding carboxylic acids is 1. The van der Waals surface area contributed by atoms with Crippen molar-refractivity contribution in [2.75, 3.05) is 20.1 Å². The van der Waals surface area contributed by atoms with Crippen molar-refractivity contribution in [1.29, 1.82) is 5.26 Å². The van der Waals surface area contributed by atoms with E-state index in [4.69, 9.17) is 11.0 Å². The first-order chi connectivity index (χ1) is 6.16. The molecule has 0 aromatic rings. The van der Waals surface area contributed by atoms with E-state index in [-0.39, 0.29) is 11.3 Å². The number of hydrogen-bond donors (Lipinski definition) is 1. The standard InChI is InChI=1S/C9H15N3O/c1-12(6-2-5-10)8(13)9(7-11)3-4-9/h2-4,6-7,11H2,1H3. The van der Waals surface area contributed by atoms with Crippen LogP contribution in [0.5, 0.6) is 0 Å². The van der Waals surface area contributed by atoms with Crippen LogP contribution in [0, 0.1) is 16.7 Å². The van der Waals surface area contributed by atoms with Crippen molar-refractivity contribution in [2.45, 2.75) is 19.3 Å². The molecule has 0 bridgehead atoms. The lowest BCUT2D eigenvalue weighted by molar-refractivity contribution is -0.135. The highest BCUT2D eigenvalue weighted by Gasteiger charge is 2.49. The highest BCUT2D eigenvalue weighted by Crippen LogP contribution is 2.45. The Morgan fingerprint density at radius 1 is 1.69 bits per heavy atom. The monoisotopic (exact) mass is 181 g/mol. The molecule has 1 fully saturated rings. The van der Waals surface area contributed by atoms with Gasteiger partial charge in [-0.3, -0.25) is 4.79 Å². The van der Waals surface area contributed by atoms with Crippen LogP contribution in [0.1, 0.15) is 19.3 Å². The predicted molar refractivity (Wildman–Crippen MR) is 48.6 cm³/mol. The average Bonchev–Trinajstić information content (AvgIpc) is 2.93. The summed E-state index contributed by atoms with van der Waals surface area (Å²) in [5, 5.41) is 8.36. The molecule has 4 nitrogen and oxygen atoms in total. The molecule has 1 saturated carbocycles. The van der Waals surface area contributed by atoms with E-state index in [0.717, 1.165) is 12.8 Å². The summed E-state index contributed by atoms with van der Waals surface area (Å²) in [5.41, 5.74) is 5.25. The fraction of sp³-hybridized carbons (Fsp3) is 0.778. The van der Waals surface area contributed by atoms with Gasteiger partial charge in [0.25, 0.3) is 0 Å². The summed E-state index contributed by atoms with van der Waals surface area (Å²) in [4.78, 5) is 13.3. The minimum atomic E-state index is -0.274. The summed E-state index contributed by atoms with van der Waals surface area (Å²) in [7, 11) is 1.73. The molecule has 1 rings (SSSR count). The zero-order valence-corrected chi connectivity index (χ0v) is 7.92. The van der Waals surface area contributed by atoms with Crippen molar-refractivity contribution in [3.8, 4) is 6.07 Å². The highest BCUT2D eigenvalue weighted by molar-refractivity contribution is 5.85. The minimum absolute atomic E-state index is 0.102. The maximum Gasteiger partial charge on any atom is 0.229 e. The normalized spacial score (nSPS) is 17.6. The van der Waals surface area contributed by atoms with Gasteiger partial charge in [0.2, 0.25) is 5.91 Å². The Balaban J connectivity index is 2.44. The van der Waals surface area contributed by atoms with Crippen molar-refractivity contribution in [1.82, 2.24) is 4.90 Å². The van der Waals surface area contributed by atoms with Crippen LogP contribution in [-0.4, -0.2) is 30.9 Å². The zero-order chi connectivity index (χ0) is 9.90. The van der Waals surface area contributed by atoms with Crippen LogP contribution in [0.2, 0.25) is 0 Å². The predicted octanol–water partition coefficient (Wildman–Crippen LogP) is 0.0974. The van der Waals surface area contributed by atoms with Gasteiger partial charge in [-0.2, -0.15) is 5.26 Å². The summed E-state index contributed by atoms with van der Waals surface area (Å²) >= 11 is 0. The summed E-state index contributed by atoms with van der Waals surface area (Å²) in [6.07, 6.45) is 2.20. The van der Waals surface area contributed by atoms with E-state index in [1.165, 1.54) is 0 Å². The molecule has 4 heteroatoms. The van der Waals surface area contributed by atoms with E-state index in [2.05, 4.69) is 0 Å². The van der Waals surface area contributed by atoms with Crippen LogP contribution >= 0.6 is 0 Å². The van der Waals surface area contributed by atoms with Gasteiger partial charge in [-0.1, -0.05) is 0 Å². The van der Waals surface area contributed by atoms with Gasteiger partial charge in [0, 0.05) is 20.1 Å². The summed E-state index contributed by atoms with van der Waals surface area (Å²) in [6, 6.07) is 2.02. The molecule has 2 N–H and O–H groups in total. The summed E-state index contributed by atoms with van der Waals surface area (Å²) < 4.78 is 0. The minimum Gasteiger partial charge on any atom is -0.344 e. The number of rotatable bonds is 4. The molecule has 1 amide bonds. The molecule has 0 radical (unpaired) electrons. The quantitative estimate of drug-likeness (QED) is 0.668. The van der Waals surface area contributed by atoms with E-state index in [1.54, 1.807) is 11.9 Å². The van der Waals surface area contributed by atoms with Crippen molar-refractivity contribution in [2.24, 2.45) is 11.1 Å². The van der Waals surface area contributed by atoms with Crippen molar-refractivity contribution in [3.63, 3.8) is 0 Å². The smallest absolute Gasteiger partial charge is 0.229 e. The van der Waals surface area contributed by atoms with Gasteiger partial charge in [-0.25, -0.2) is 0 Å². The Labute approximate surface area is 78.3 Å². The summed E-state index contributed by atoms with van der Waals surface area (Å²) in [5.74, 6) is 0.102. The van der Waals surface area contributed by atoms with E-state index in [9.17, 15) is 4.79 Å². The maximum atomic E-state index is 11.7. The molecule has 0 aliphatic heterocycles. The van der Waals surface area contributed by atoms with Gasteiger partial charge in [0.15, 0.2) is 0 Å². The van der Waals surface area contributed by atoms with Gasteiger partial charge in [0.05, 0.1) is 17.9 Å². The summed E-state index contributed by atoms with van der Waals surface area (Å²) in [6.45, 7) is 0.944. The molecule has 1 aliphatic rings. The third-order valence-corrected chi connectivity index (χ3v) is 2.60. The van der Waals surface area contributed by atoms with E-state index in [1.807, 2.05) is 6.07 Å². The zero-order valence-electron chi connectivity index (χ0n) is 7.92. The lowest BCUT2D eigenvalue weighted by atomic mass is 10.1. The van der Waals surface area contributed by atoms with Crippen LogP contribution in [0.25, 0.3) is 0 Å². The number of nitrogens with two attached hydrogens (primary N) is 1. The first-order valence-electron chi connectivity index (χ1n) is 4.49. The molecule has 0 aromatic heterocycles. The molecular formula is C9H15N3O. The van der Waals surface area contributed by atoms with Gasteiger partial charge in [-0.05, 0) is 12.8 Å². The molecular weight excluding hydrogens is 166 g/mol. The van der Waals surface area contributed by atoms with Crippen LogP contribution in [0.15, 0.2) is 0 Å². The van der Waals surface area contributed by atoms with Gasteiger partial charge >= 0.3 is 0 Å². The fourth-order valence-electron chi connectivity index (χ4n) is 1.38.